The van der Waals surface area contributed by atoms with Gasteiger partial charge in [-0.2, -0.15) is 4.37 Å². The first-order chi connectivity index (χ1) is 8.88. The third-order valence-corrected chi connectivity index (χ3v) is 4.84. The van der Waals surface area contributed by atoms with E-state index in [1.807, 2.05) is 0 Å². The minimum absolute atomic E-state index is 0.493. The maximum Gasteiger partial charge on any atom is 0.202 e. The lowest BCUT2D eigenvalue weighted by molar-refractivity contribution is -0.00218. The third kappa shape index (κ3) is 2.38. The lowest BCUT2D eigenvalue weighted by Gasteiger charge is -2.30. The summed E-state index contributed by atoms with van der Waals surface area (Å²) in [6.07, 6.45) is 8.01. The van der Waals surface area contributed by atoms with Gasteiger partial charge in [0.2, 0.25) is 5.13 Å². The van der Waals surface area contributed by atoms with Gasteiger partial charge in [-0.05, 0) is 44.4 Å². The van der Waals surface area contributed by atoms with Gasteiger partial charge in [-0.3, -0.25) is 0 Å². The molecule has 2 atom stereocenters. The van der Waals surface area contributed by atoms with Gasteiger partial charge in [-0.15, -0.1) is 0 Å². The summed E-state index contributed by atoms with van der Waals surface area (Å²) in [7, 11) is 0. The van der Waals surface area contributed by atoms with Crippen LogP contribution < -0.4 is 5.32 Å². The molecule has 2 aliphatic carbocycles. The van der Waals surface area contributed by atoms with Crippen LogP contribution in [-0.4, -0.2) is 28.1 Å². The number of hydrogen-bond donors (Lipinski definition) is 1. The summed E-state index contributed by atoms with van der Waals surface area (Å²) in [6, 6.07) is 0.532. The Balaban J connectivity index is 1.37. The van der Waals surface area contributed by atoms with Gasteiger partial charge in [0.1, 0.15) is 5.82 Å². The average molecular weight is 265 g/mol. The largest absolute Gasteiger partial charge is 0.378 e. The molecule has 4 rings (SSSR count). The van der Waals surface area contributed by atoms with Crippen molar-refractivity contribution in [3.8, 4) is 0 Å². The summed E-state index contributed by atoms with van der Waals surface area (Å²) in [4.78, 5) is 4.61. The highest BCUT2D eigenvalue weighted by Gasteiger charge is 2.36. The molecule has 1 aromatic heterocycles. The first-order valence-corrected chi connectivity index (χ1v) is 7.87. The van der Waals surface area contributed by atoms with Crippen LogP contribution >= 0.6 is 11.5 Å². The molecule has 18 heavy (non-hydrogen) atoms. The Morgan fingerprint density at radius 3 is 2.83 bits per heavy atom. The fourth-order valence-electron chi connectivity index (χ4n) is 2.73. The Hall–Kier alpha value is -0.680. The van der Waals surface area contributed by atoms with E-state index in [-0.39, 0.29) is 0 Å². The monoisotopic (exact) mass is 265 g/mol. The highest BCUT2D eigenvalue weighted by molar-refractivity contribution is 7.09. The highest BCUT2D eigenvalue weighted by atomic mass is 32.1. The Morgan fingerprint density at radius 2 is 2.06 bits per heavy atom. The number of aromatic nitrogens is 2. The van der Waals surface area contributed by atoms with Gasteiger partial charge < -0.3 is 10.1 Å². The molecule has 98 valence electrons. The SMILES string of the molecule is C1CC(Nc2nc(C3CC3)ns2)CC(C2CC2)O1. The molecule has 1 aromatic rings. The normalized spacial score (nSPS) is 32.4. The van der Waals surface area contributed by atoms with E-state index in [0.717, 1.165) is 36.3 Å². The van der Waals surface area contributed by atoms with Gasteiger partial charge in [0, 0.05) is 30.1 Å². The van der Waals surface area contributed by atoms with Crippen molar-refractivity contribution in [2.45, 2.75) is 56.6 Å². The maximum atomic E-state index is 5.85. The molecule has 2 unspecified atom stereocenters. The molecular weight excluding hydrogens is 246 g/mol. The minimum Gasteiger partial charge on any atom is -0.378 e. The van der Waals surface area contributed by atoms with Crippen molar-refractivity contribution in [2.24, 2.45) is 5.92 Å². The first kappa shape index (κ1) is 11.2. The van der Waals surface area contributed by atoms with Crippen molar-refractivity contribution in [1.29, 1.82) is 0 Å². The molecule has 4 nitrogen and oxygen atoms in total. The van der Waals surface area contributed by atoms with E-state index >= 15 is 0 Å². The van der Waals surface area contributed by atoms with Crippen LogP contribution in [0.5, 0.6) is 0 Å². The van der Waals surface area contributed by atoms with E-state index in [0.29, 0.717) is 18.1 Å². The van der Waals surface area contributed by atoms with Gasteiger partial charge in [-0.25, -0.2) is 4.98 Å². The van der Waals surface area contributed by atoms with Crippen LogP contribution in [0.1, 0.15) is 50.3 Å². The van der Waals surface area contributed by atoms with Crippen molar-refractivity contribution in [3.63, 3.8) is 0 Å². The van der Waals surface area contributed by atoms with Crippen LogP contribution in [0.15, 0.2) is 0 Å². The predicted molar refractivity (Wildman–Crippen MR) is 71.0 cm³/mol. The van der Waals surface area contributed by atoms with E-state index in [2.05, 4.69) is 14.7 Å². The Bertz CT molecular complexity index is 428. The maximum absolute atomic E-state index is 5.85. The second-order valence-electron chi connectivity index (χ2n) is 5.84. The minimum atomic E-state index is 0.493. The predicted octanol–water partition coefficient (Wildman–Crippen LogP) is 2.79. The zero-order valence-corrected chi connectivity index (χ0v) is 11.3. The number of rotatable bonds is 4. The van der Waals surface area contributed by atoms with Crippen molar-refractivity contribution in [2.75, 3.05) is 11.9 Å². The molecule has 0 radical (unpaired) electrons. The number of anilines is 1. The molecule has 2 saturated carbocycles. The van der Waals surface area contributed by atoms with Crippen LogP contribution in [0, 0.1) is 5.92 Å². The molecule has 0 spiro atoms. The number of hydrogen-bond acceptors (Lipinski definition) is 5. The van der Waals surface area contributed by atoms with Crippen LogP contribution in [-0.2, 0) is 4.74 Å². The summed E-state index contributed by atoms with van der Waals surface area (Å²) in [6.45, 7) is 0.896. The van der Waals surface area contributed by atoms with Gasteiger partial charge >= 0.3 is 0 Å². The zero-order valence-electron chi connectivity index (χ0n) is 10.5. The Morgan fingerprint density at radius 1 is 1.17 bits per heavy atom. The van der Waals surface area contributed by atoms with Crippen LogP contribution in [0.2, 0.25) is 0 Å². The fraction of sp³-hybridized carbons (Fsp3) is 0.846. The quantitative estimate of drug-likeness (QED) is 0.909. The molecule has 3 aliphatic rings. The molecule has 0 aromatic carbocycles. The molecule has 1 aliphatic heterocycles. The standard InChI is InChI=1S/C13H19N3OS/c1-2-8(1)11-7-10(5-6-17-11)14-13-15-12(16-18-13)9-3-4-9/h8-11H,1-7H2,(H,14,15,16). The molecule has 0 bridgehead atoms. The highest BCUT2D eigenvalue weighted by Crippen LogP contribution is 2.40. The second kappa shape index (κ2) is 4.46. The Kier molecular flexibility index (Phi) is 2.77. The summed E-state index contributed by atoms with van der Waals surface area (Å²) in [5.41, 5.74) is 0. The van der Waals surface area contributed by atoms with Crippen molar-refractivity contribution in [3.05, 3.63) is 5.82 Å². The van der Waals surface area contributed by atoms with Gasteiger partial charge in [-0.1, -0.05) is 0 Å². The van der Waals surface area contributed by atoms with Gasteiger partial charge in [0.15, 0.2) is 0 Å². The van der Waals surface area contributed by atoms with E-state index in [1.165, 1.54) is 37.2 Å². The smallest absolute Gasteiger partial charge is 0.202 e. The molecule has 0 amide bonds. The third-order valence-electron chi connectivity index (χ3n) is 4.17. The molecular formula is C13H19N3OS. The van der Waals surface area contributed by atoms with E-state index in [1.54, 1.807) is 0 Å². The number of ether oxygens (including phenoxy) is 1. The van der Waals surface area contributed by atoms with Gasteiger partial charge in [0.05, 0.1) is 6.10 Å². The van der Waals surface area contributed by atoms with Crippen molar-refractivity contribution >= 4 is 16.7 Å². The summed E-state index contributed by atoms with van der Waals surface area (Å²) in [5.74, 6) is 2.56. The summed E-state index contributed by atoms with van der Waals surface area (Å²) >= 11 is 1.52. The van der Waals surface area contributed by atoms with E-state index < -0.39 is 0 Å². The molecule has 1 N–H and O–H groups in total. The molecule has 5 heteroatoms. The van der Waals surface area contributed by atoms with E-state index in [9.17, 15) is 0 Å². The van der Waals surface area contributed by atoms with Crippen LogP contribution in [0.4, 0.5) is 5.13 Å². The van der Waals surface area contributed by atoms with Crippen LogP contribution in [0.3, 0.4) is 0 Å². The lowest BCUT2D eigenvalue weighted by atomic mass is 10.0. The molecule has 2 heterocycles. The Labute approximate surface area is 111 Å². The zero-order chi connectivity index (χ0) is 11.9. The lowest BCUT2D eigenvalue weighted by Crippen LogP contribution is -2.35. The van der Waals surface area contributed by atoms with Gasteiger partial charge in [0.25, 0.3) is 0 Å². The van der Waals surface area contributed by atoms with Crippen molar-refractivity contribution in [1.82, 2.24) is 9.36 Å². The summed E-state index contributed by atoms with van der Waals surface area (Å²) in [5, 5.41) is 4.57. The number of nitrogens with zero attached hydrogens (tertiary/aromatic N) is 2. The second-order valence-corrected chi connectivity index (χ2v) is 6.60. The van der Waals surface area contributed by atoms with Crippen LogP contribution in [0.25, 0.3) is 0 Å². The fourth-order valence-corrected chi connectivity index (χ4v) is 3.45. The first-order valence-electron chi connectivity index (χ1n) is 7.10. The number of nitrogens with one attached hydrogen (secondary N) is 1. The average Bonchev–Trinajstić information content (AvgIpc) is 3.29. The summed E-state index contributed by atoms with van der Waals surface area (Å²) < 4.78 is 10.3. The topological polar surface area (TPSA) is 47.0 Å². The molecule has 1 saturated heterocycles. The molecule has 3 fully saturated rings. The van der Waals surface area contributed by atoms with E-state index in [4.69, 9.17) is 4.74 Å². The van der Waals surface area contributed by atoms with Crippen molar-refractivity contribution < 1.29 is 4.74 Å².